The lowest BCUT2D eigenvalue weighted by Gasteiger charge is -2.33. The van der Waals surface area contributed by atoms with E-state index in [0.717, 1.165) is 46.8 Å². The topological polar surface area (TPSA) is 133 Å². The van der Waals surface area contributed by atoms with E-state index in [0.29, 0.717) is 48.3 Å². The molecule has 1 aromatic carbocycles. The van der Waals surface area contributed by atoms with Gasteiger partial charge in [-0.15, -0.1) is 5.92 Å². The normalized spacial score (nSPS) is 17.0. The van der Waals surface area contributed by atoms with Crippen LogP contribution in [0, 0.1) is 24.7 Å². The molecule has 0 unspecified atom stereocenters. The number of carbonyl (C=O) groups excluding carboxylic acids is 1. The molecule has 1 aliphatic heterocycles. The summed E-state index contributed by atoms with van der Waals surface area (Å²) in [6.45, 7) is 5.47. The lowest BCUT2D eigenvalue weighted by atomic mass is 10.1. The number of hydrogen-bond acceptors (Lipinski definition) is 7. The van der Waals surface area contributed by atoms with Crippen molar-refractivity contribution in [1.29, 1.82) is 0 Å². The van der Waals surface area contributed by atoms with Crippen molar-refractivity contribution in [1.82, 2.24) is 29.0 Å². The van der Waals surface area contributed by atoms with Crippen LogP contribution in [0.1, 0.15) is 54.5 Å². The van der Waals surface area contributed by atoms with E-state index in [2.05, 4.69) is 32.0 Å². The fourth-order valence-electron chi connectivity index (χ4n) is 5.97. The van der Waals surface area contributed by atoms with Crippen LogP contribution >= 0.6 is 0 Å². The maximum atomic E-state index is 14.3. The number of nitrogens with zero attached hydrogens (tertiary/aromatic N) is 6. The summed E-state index contributed by atoms with van der Waals surface area (Å²) in [7, 11) is 1.60. The van der Waals surface area contributed by atoms with Gasteiger partial charge in [-0.25, -0.2) is 14.8 Å². The summed E-state index contributed by atoms with van der Waals surface area (Å²) in [5.74, 6) is 7.11. The van der Waals surface area contributed by atoms with Crippen LogP contribution in [0.5, 0.6) is 0 Å². The summed E-state index contributed by atoms with van der Waals surface area (Å²) in [5.41, 5.74) is 7.70. The fraction of sp³-hybridized carbons (Fsp3) is 0.452. The summed E-state index contributed by atoms with van der Waals surface area (Å²) in [6, 6.07) is 7.57. The number of nitrogens with one attached hydrogen (secondary N) is 1. The maximum Gasteiger partial charge on any atom is 0.331 e. The molecule has 0 bridgehead atoms. The molecule has 2 fully saturated rings. The van der Waals surface area contributed by atoms with Crippen LogP contribution in [0.2, 0.25) is 0 Å². The molecule has 11 nitrogen and oxygen atoms in total. The zero-order valence-corrected chi connectivity index (χ0v) is 24.3. The number of benzene rings is 1. The zero-order valence-electron chi connectivity index (χ0n) is 24.3. The minimum absolute atomic E-state index is 0.0707. The summed E-state index contributed by atoms with van der Waals surface area (Å²) in [5, 5.41) is 3.98. The van der Waals surface area contributed by atoms with Gasteiger partial charge in [0.1, 0.15) is 22.7 Å². The minimum Gasteiger partial charge on any atom is -0.356 e. The van der Waals surface area contributed by atoms with Gasteiger partial charge < -0.3 is 20.5 Å². The molecule has 3 N–H and O–H groups in total. The Morgan fingerprint density at radius 2 is 1.90 bits per heavy atom. The van der Waals surface area contributed by atoms with Crippen molar-refractivity contribution in [3.63, 3.8) is 0 Å². The zero-order chi connectivity index (χ0) is 29.5. The van der Waals surface area contributed by atoms with Crippen LogP contribution in [0.4, 0.5) is 5.82 Å². The van der Waals surface area contributed by atoms with Gasteiger partial charge in [-0.1, -0.05) is 24.1 Å². The molecule has 218 valence electrons. The second kappa shape index (κ2) is 11.1. The molecule has 0 radical (unpaired) electrons. The van der Waals surface area contributed by atoms with Gasteiger partial charge in [0.15, 0.2) is 0 Å². The van der Waals surface area contributed by atoms with E-state index in [9.17, 15) is 14.4 Å². The average Bonchev–Trinajstić information content (AvgIpc) is 3.75. The van der Waals surface area contributed by atoms with Crippen molar-refractivity contribution in [2.24, 2.45) is 18.7 Å². The van der Waals surface area contributed by atoms with Crippen molar-refractivity contribution in [2.75, 3.05) is 24.5 Å². The Kier molecular flexibility index (Phi) is 7.33. The predicted octanol–water partition coefficient (Wildman–Crippen LogP) is 1.89. The van der Waals surface area contributed by atoms with Crippen LogP contribution < -0.4 is 27.2 Å². The fourth-order valence-corrected chi connectivity index (χ4v) is 5.97. The standard InChI is InChI=1S/C31H36N8O3/c1-4-5-15-38-27-26(25(28(40)33-16-20-12-13-20)29(38)37-14-8-9-21(32)17-37)36(3)31(42)39(30(27)41)18-24-34-19(2)22-10-6-7-11-23(22)35-24/h6-7,10-11,20-21H,8-9,12-18,32H2,1-3H3,(H,33,40)/t21-/m1/s1. The average molecular weight is 569 g/mol. The molecule has 4 heterocycles. The SMILES string of the molecule is CC#CCn1c(N2CCC[C@@H](N)C2)c(C(=O)NCC2CC2)c2c1c(=O)n(Cc1nc(C)c3ccccc3n1)c(=O)n2C. The van der Waals surface area contributed by atoms with Crippen LogP contribution in [-0.2, 0) is 20.1 Å². The third-order valence-corrected chi connectivity index (χ3v) is 8.30. The van der Waals surface area contributed by atoms with Crippen LogP contribution in [0.3, 0.4) is 0 Å². The first-order valence-corrected chi connectivity index (χ1v) is 14.5. The van der Waals surface area contributed by atoms with Gasteiger partial charge in [0.2, 0.25) is 0 Å². The largest absolute Gasteiger partial charge is 0.356 e. The Morgan fingerprint density at radius 3 is 2.64 bits per heavy atom. The lowest BCUT2D eigenvalue weighted by Crippen LogP contribution is -2.44. The molecule has 3 aromatic heterocycles. The molecule has 11 heteroatoms. The van der Waals surface area contributed by atoms with Crippen LogP contribution in [0.15, 0.2) is 33.9 Å². The van der Waals surface area contributed by atoms with E-state index in [1.54, 1.807) is 18.5 Å². The number of aromatic nitrogens is 5. The van der Waals surface area contributed by atoms with Crippen molar-refractivity contribution < 1.29 is 4.79 Å². The highest BCUT2D eigenvalue weighted by molar-refractivity contribution is 6.11. The molecule has 1 saturated heterocycles. The molecule has 0 spiro atoms. The van der Waals surface area contributed by atoms with Crippen molar-refractivity contribution in [3.05, 3.63) is 62.2 Å². The number of nitrogens with two attached hydrogens (primary N) is 1. The van der Waals surface area contributed by atoms with Crippen molar-refractivity contribution >= 4 is 33.7 Å². The van der Waals surface area contributed by atoms with Crippen molar-refractivity contribution in [3.8, 4) is 11.8 Å². The van der Waals surface area contributed by atoms with Gasteiger partial charge in [0.05, 0.1) is 24.1 Å². The van der Waals surface area contributed by atoms with Gasteiger partial charge in [0.25, 0.3) is 11.5 Å². The molecular formula is C31H36N8O3. The number of para-hydroxylation sites is 1. The molecule has 1 amide bonds. The van der Waals surface area contributed by atoms with E-state index in [1.807, 2.05) is 31.2 Å². The first kappa shape index (κ1) is 27.7. The molecule has 1 aliphatic carbocycles. The van der Waals surface area contributed by atoms with Crippen LogP contribution in [0.25, 0.3) is 21.9 Å². The summed E-state index contributed by atoms with van der Waals surface area (Å²) < 4.78 is 4.35. The van der Waals surface area contributed by atoms with Crippen LogP contribution in [-0.4, -0.2) is 55.3 Å². The Bertz CT molecular complexity index is 1890. The van der Waals surface area contributed by atoms with E-state index in [-0.39, 0.29) is 30.6 Å². The predicted molar refractivity (Wildman–Crippen MR) is 163 cm³/mol. The Hall–Kier alpha value is -4.43. The highest BCUT2D eigenvalue weighted by Gasteiger charge is 2.33. The number of piperidine rings is 1. The molecule has 42 heavy (non-hydrogen) atoms. The third-order valence-electron chi connectivity index (χ3n) is 8.30. The number of hydrogen-bond donors (Lipinski definition) is 2. The van der Waals surface area contributed by atoms with E-state index in [1.165, 1.54) is 4.57 Å². The second-order valence-electron chi connectivity index (χ2n) is 11.4. The number of aryl methyl sites for hydroxylation is 2. The number of carbonyl (C=O) groups is 1. The number of fused-ring (bicyclic) bond motifs is 2. The Balaban J connectivity index is 1.58. The molecule has 1 saturated carbocycles. The van der Waals surface area contributed by atoms with E-state index < -0.39 is 11.2 Å². The first-order chi connectivity index (χ1) is 20.3. The Morgan fingerprint density at radius 1 is 1.12 bits per heavy atom. The molecule has 4 aromatic rings. The number of amides is 1. The molecular weight excluding hydrogens is 532 g/mol. The summed E-state index contributed by atoms with van der Waals surface area (Å²) >= 11 is 0. The minimum atomic E-state index is -0.543. The monoisotopic (exact) mass is 568 g/mol. The van der Waals surface area contributed by atoms with Crippen molar-refractivity contribution in [2.45, 2.75) is 58.7 Å². The highest BCUT2D eigenvalue weighted by atomic mass is 16.2. The highest BCUT2D eigenvalue weighted by Crippen LogP contribution is 2.33. The van der Waals surface area contributed by atoms with Gasteiger partial charge in [-0.2, -0.15) is 0 Å². The van der Waals surface area contributed by atoms with Gasteiger partial charge in [-0.05, 0) is 51.5 Å². The van der Waals surface area contributed by atoms with E-state index >= 15 is 0 Å². The quantitative estimate of drug-likeness (QED) is 0.325. The number of anilines is 1. The van der Waals surface area contributed by atoms with Gasteiger partial charge in [-0.3, -0.25) is 18.7 Å². The molecule has 6 rings (SSSR count). The Labute approximate surface area is 243 Å². The second-order valence-corrected chi connectivity index (χ2v) is 11.4. The van der Waals surface area contributed by atoms with Gasteiger partial charge in [0, 0.05) is 43.8 Å². The summed E-state index contributed by atoms with van der Waals surface area (Å²) in [6.07, 6.45) is 3.90. The smallest absolute Gasteiger partial charge is 0.331 e. The lowest BCUT2D eigenvalue weighted by molar-refractivity contribution is 0.0953. The summed E-state index contributed by atoms with van der Waals surface area (Å²) in [4.78, 5) is 53.3. The van der Waals surface area contributed by atoms with E-state index in [4.69, 9.17) is 5.73 Å². The molecule has 2 aliphatic rings. The number of rotatable bonds is 7. The van der Waals surface area contributed by atoms with Gasteiger partial charge >= 0.3 is 5.69 Å². The maximum absolute atomic E-state index is 14.3. The molecule has 1 atom stereocenters. The third kappa shape index (κ3) is 4.96. The first-order valence-electron chi connectivity index (χ1n) is 14.5.